The van der Waals surface area contributed by atoms with Crippen molar-refractivity contribution in [2.24, 2.45) is 0 Å². The van der Waals surface area contributed by atoms with Crippen LogP contribution in [0.2, 0.25) is 0 Å². The Morgan fingerprint density at radius 3 is 2.89 bits per heavy atom. The summed E-state index contributed by atoms with van der Waals surface area (Å²) in [7, 11) is 0. The van der Waals surface area contributed by atoms with Gasteiger partial charge in [0.15, 0.2) is 0 Å². The highest BCUT2D eigenvalue weighted by Crippen LogP contribution is 2.23. The molecule has 3 rings (SSSR count). The fraction of sp³-hybridized carbons (Fsp3) is 0.125. The van der Waals surface area contributed by atoms with Gasteiger partial charge in [0.1, 0.15) is 0 Å². The predicted octanol–water partition coefficient (Wildman–Crippen LogP) is 3.04. The smallest absolute Gasteiger partial charge is 0.260 e. The van der Waals surface area contributed by atoms with Crippen molar-refractivity contribution < 1.29 is 0 Å². The maximum atomic E-state index is 12.5. The first-order valence-electron chi connectivity index (χ1n) is 6.20. The lowest BCUT2D eigenvalue weighted by atomic mass is 10.1. The molecule has 0 radical (unpaired) electrons. The Morgan fingerprint density at radius 1 is 1.26 bits per heavy atom. The lowest BCUT2D eigenvalue weighted by Gasteiger charge is -2.11. The highest BCUT2D eigenvalue weighted by Gasteiger charge is 2.09. The Kier molecular flexibility index (Phi) is 2.67. The maximum absolute atomic E-state index is 12.5. The van der Waals surface area contributed by atoms with Crippen LogP contribution < -0.4 is 5.56 Å². The molecule has 3 nitrogen and oxygen atoms in total. The predicted molar refractivity (Wildman–Crippen MR) is 78.4 cm³/mol. The van der Waals surface area contributed by atoms with E-state index in [1.54, 1.807) is 23.0 Å². The Balaban J connectivity index is 2.61. The fourth-order valence-corrected chi connectivity index (χ4v) is 2.46. The van der Waals surface area contributed by atoms with Crippen LogP contribution in [0.15, 0.2) is 54.1 Å². The molecule has 0 atom stereocenters. The summed E-state index contributed by atoms with van der Waals surface area (Å²) in [6.07, 6.45) is 5.10. The van der Waals surface area contributed by atoms with E-state index in [0.717, 1.165) is 21.9 Å². The number of aromatic nitrogens is 2. The quantitative estimate of drug-likeness (QED) is 0.517. The molecular weight excluding hydrogens is 236 g/mol. The largest absolute Gasteiger partial charge is 0.304 e. The van der Waals surface area contributed by atoms with E-state index in [9.17, 15) is 4.79 Å². The maximum Gasteiger partial charge on any atom is 0.260 e. The molecule has 0 spiro atoms. The van der Waals surface area contributed by atoms with Crippen LogP contribution in [0.1, 0.15) is 5.56 Å². The van der Waals surface area contributed by atoms with Crippen molar-refractivity contribution in [1.29, 1.82) is 0 Å². The molecule has 0 aliphatic carbocycles. The van der Waals surface area contributed by atoms with Gasteiger partial charge in [-0.25, -0.2) is 0 Å². The number of fused-ring (bicyclic) bond motifs is 3. The van der Waals surface area contributed by atoms with Crippen molar-refractivity contribution >= 4 is 21.7 Å². The molecule has 0 N–H and O–H groups in total. The summed E-state index contributed by atoms with van der Waals surface area (Å²) in [6.45, 7) is 6.26. The Morgan fingerprint density at radius 2 is 2.11 bits per heavy atom. The van der Waals surface area contributed by atoms with E-state index in [-0.39, 0.29) is 5.56 Å². The average molecular weight is 250 g/mol. The second kappa shape index (κ2) is 4.35. The zero-order valence-electron chi connectivity index (χ0n) is 10.8. The Hall–Kier alpha value is -2.42. The molecule has 0 fully saturated rings. The van der Waals surface area contributed by atoms with Gasteiger partial charge < -0.3 is 4.57 Å². The Bertz CT molecular complexity index is 846. The summed E-state index contributed by atoms with van der Waals surface area (Å²) in [6, 6.07) is 8.06. The lowest BCUT2D eigenvalue weighted by Crippen LogP contribution is -2.20. The van der Waals surface area contributed by atoms with E-state index >= 15 is 0 Å². The molecule has 3 aromatic rings. The van der Waals surface area contributed by atoms with Gasteiger partial charge >= 0.3 is 0 Å². The molecule has 0 bridgehead atoms. The van der Waals surface area contributed by atoms with E-state index in [2.05, 4.69) is 23.7 Å². The monoisotopic (exact) mass is 250 g/mol. The van der Waals surface area contributed by atoms with Crippen molar-refractivity contribution in [2.45, 2.75) is 13.5 Å². The van der Waals surface area contributed by atoms with Crippen LogP contribution in [-0.2, 0) is 6.54 Å². The number of allylic oxidation sites excluding steroid dienone is 1. The van der Waals surface area contributed by atoms with Gasteiger partial charge in [0, 0.05) is 24.3 Å². The van der Waals surface area contributed by atoms with Gasteiger partial charge in [0.2, 0.25) is 0 Å². The van der Waals surface area contributed by atoms with Gasteiger partial charge in [0.25, 0.3) is 5.56 Å². The standard InChI is InChI=1S/C16H14N2O/c1-3-8-18-15-9-11(2)4-5-13(15)12-6-7-17-10-14(12)16(18)19/h3-7,9-10H,1,8H2,2H3. The van der Waals surface area contributed by atoms with E-state index in [1.165, 1.54) is 0 Å². The number of benzene rings is 1. The normalized spacial score (nSPS) is 11.0. The van der Waals surface area contributed by atoms with Crippen molar-refractivity contribution in [3.8, 4) is 0 Å². The Labute approximate surface area is 110 Å². The number of aryl methyl sites for hydroxylation is 1. The van der Waals surface area contributed by atoms with E-state index < -0.39 is 0 Å². The van der Waals surface area contributed by atoms with Crippen LogP contribution in [0.5, 0.6) is 0 Å². The van der Waals surface area contributed by atoms with Gasteiger partial charge in [0.05, 0.1) is 10.9 Å². The number of pyridine rings is 2. The van der Waals surface area contributed by atoms with Gasteiger partial charge in [-0.1, -0.05) is 18.2 Å². The molecule has 0 amide bonds. The molecule has 0 aliphatic rings. The minimum Gasteiger partial charge on any atom is -0.304 e. The zero-order valence-corrected chi connectivity index (χ0v) is 10.8. The zero-order chi connectivity index (χ0) is 13.4. The minimum atomic E-state index is -0.0129. The third-order valence-corrected chi connectivity index (χ3v) is 3.34. The highest BCUT2D eigenvalue weighted by molar-refractivity contribution is 6.05. The summed E-state index contributed by atoms with van der Waals surface area (Å²) in [4.78, 5) is 16.6. The van der Waals surface area contributed by atoms with Gasteiger partial charge in [-0.05, 0) is 30.0 Å². The summed E-state index contributed by atoms with van der Waals surface area (Å²) in [5, 5.41) is 2.68. The molecular formula is C16H14N2O. The molecule has 0 unspecified atom stereocenters. The molecule has 19 heavy (non-hydrogen) atoms. The SMILES string of the molecule is C=CCn1c(=O)c2cnccc2c2ccc(C)cc21. The molecule has 2 heterocycles. The van der Waals surface area contributed by atoms with Crippen LogP contribution >= 0.6 is 0 Å². The van der Waals surface area contributed by atoms with Crippen LogP contribution in [0.25, 0.3) is 21.7 Å². The van der Waals surface area contributed by atoms with Crippen LogP contribution in [0.3, 0.4) is 0 Å². The van der Waals surface area contributed by atoms with Crippen molar-refractivity contribution in [1.82, 2.24) is 9.55 Å². The number of hydrogen-bond acceptors (Lipinski definition) is 2. The molecule has 0 saturated heterocycles. The van der Waals surface area contributed by atoms with Crippen LogP contribution in [-0.4, -0.2) is 9.55 Å². The third kappa shape index (κ3) is 1.74. The average Bonchev–Trinajstić information content (AvgIpc) is 2.43. The topological polar surface area (TPSA) is 34.9 Å². The molecule has 0 aliphatic heterocycles. The summed E-state index contributed by atoms with van der Waals surface area (Å²) >= 11 is 0. The fourth-order valence-electron chi connectivity index (χ4n) is 2.46. The van der Waals surface area contributed by atoms with Crippen molar-refractivity contribution in [3.63, 3.8) is 0 Å². The molecule has 3 heteroatoms. The van der Waals surface area contributed by atoms with Gasteiger partial charge in [-0.15, -0.1) is 6.58 Å². The van der Waals surface area contributed by atoms with E-state index in [1.807, 2.05) is 19.1 Å². The second-order valence-corrected chi connectivity index (χ2v) is 4.65. The summed E-state index contributed by atoms with van der Waals surface area (Å²) in [5.74, 6) is 0. The van der Waals surface area contributed by atoms with Crippen molar-refractivity contribution in [2.75, 3.05) is 0 Å². The van der Waals surface area contributed by atoms with Gasteiger partial charge in [-0.2, -0.15) is 0 Å². The summed E-state index contributed by atoms with van der Waals surface area (Å²) in [5.41, 5.74) is 2.07. The first-order chi connectivity index (χ1) is 9.22. The van der Waals surface area contributed by atoms with Crippen molar-refractivity contribution in [3.05, 3.63) is 65.2 Å². The number of rotatable bonds is 2. The van der Waals surface area contributed by atoms with Gasteiger partial charge in [-0.3, -0.25) is 9.78 Å². The number of hydrogen-bond donors (Lipinski definition) is 0. The van der Waals surface area contributed by atoms with Crippen LogP contribution in [0, 0.1) is 6.92 Å². The number of nitrogens with zero attached hydrogens (tertiary/aromatic N) is 2. The highest BCUT2D eigenvalue weighted by atomic mass is 16.1. The first kappa shape index (κ1) is 11.7. The third-order valence-electron chi connectivity index (χ3n) is 3.34. The van der Waals surface area contributed by atoms with Crippen LogP contribution in [0.4, 0.5) is 0 Å². The minimum absolute atomic E-state index is 0.0129. The lowest BCUT2D eigenvalue weighted by molar-refractivity contribution is 0.826. The first-order valence-corrected chi connectivity index (χ1v) is 6.20. The molecule has 0 saturated carbocycles. The van der Waals surface area contributed by atoms with E-state index in [0.29, 0.717) is 11.9 Å². The second-order valence-electron chi connectivity index (χ2n) is 4.65. The molecule has 2 aromatic heterocycles. The molecule has 1 aromatic carbocycles. The van der Waals surface area contributed by atoms with E-state index in [4.69, 9.17) is 0 Å². The summed E-state index contributed by atoms with van der Waals surface area (Å²) < 4.78 is 1.75. The molecule has 94 valence electrons.